The number of carbonyl (C=O) groups excluding carboxylic acids is 1. The van der Waals surface area contributed by atoms with Gasteiger partial charge in [0.15, 0.2) is 0 Å². The minimum absolute atomic E-state index is 0.133. The maximum Gasteiger partial charge on any atom is 0.225 e. The van der Waals surface area contributed by atoms with Gasteiger partial charge < -0.3 is 15.0 Å². The van der Waals surface area contributed by atoms with Crippen molar-refractivity contribution in [2.45, 2.75) is 37.3 Å². The van der Waals surface area contributed by atoms with Gasteiger partial charge in [-0.25, -0.2) is 0 Å². The molecule has 0 bridgehead atoms. The number of hydrogen-bond acceptors (Lipinski definition) is 4. The van der Waals surface area contributed by atoms with E-state index >= 15 is 0 Å². The fourth-order valence-corrected chi connectivity index (χ4v) is 3.28. The molecular weight excluding hydrogens is 242 g/mol. The predicted molar refractivity (Wildman–Crippen MR) is 73.0 cm³/mol. The van der Waals surface area contributed by atoms with E-state index < -0.39 is 0 Å². The highest BCUT2D eigenvalue weighted by Crippen LogP contribution is 2.38. The minimum Gasteiger partial charge on any atom is -0.378 e. The van der Waals surface area contributed by atoms with Crippen LogP contribution in [0.4, 0.5) is 0 Å². The zero-order chi connectivity index (χ0) is 13.3. The molecule has 3 rings (SSSR count). The number of nitrogens with zero attached hydrogens (tertiary/aromatic N) is 2. The Morgan fingerprint density at radius 3 is 2.37 bits per heavy atom. The summed E-state index contributed by atoms with van der Waals surface area (Å²) < 4.78 is 5.55. The average Bonchev–Trinajstić information content (AvgIpc) is 2.32. The van der Waals surface area contributed by atoms with Crippen LogP contribution in [0.1, 0.15) is 25.7 Å². The maximum absolute atomic E-state index is 12.3. The summed E-state index contributed by atoms with van der Waals surface area (Å²) in [6, 6.07) is 0.703. The van der Waals surface area contributed by atoms with Crippen LogP contribution >= 0.6 is 0 Å². The summed E-state index contributed by atoms with van der Waals surface area (Å²) in [6.45, 7) is 6.04. The molecule has 3 aliphatic rings. The lowest BCUT2D eigenvalue weighted by molar-refractivity contribution is -0.146. The van der Waals surface area contributed by atoms with E-state index in [4.69, 9.17) is 4.74 Å². The summed E-state index contributed by atoms with van der Waals surface area (Å²) in [5.74, 6) is 0.285. The van der Waals surface area contributed by atoms with E-state index in [1.165, 1.54) is 6.42 Å². The molecule has 0 aromatic rings. The van der Waals surface area contributed by atoms with Gasteiger partial charge >= 0.3 is 0 Å². The summed E-state index contributed by atoms with van der Waals surface area (Å²) in [6.07, 6.45) is 3.87. The van der Waals surface area contributed by atoms with Crippen molar-refractivity contribution in [3.05, 3.63) is 0 Å². The van der Waals surface area contributed by atoms with Crippen LogP contribution in [0.25, 0.3) is 0 Å². The van der Waals surface area contributed by atoms with Crippen LogP contribution in [-0.2, 0) is 9.53 Å². The molecule has 2 heterocycles. The van der Waals surface area contributed by atoms with Gasteiger partial charge in [-0.1, -0.05) is 0 Å². The Hall–Kier alpha value is -0.650. The lowest BCUT2D eigenvalue weighted by Gasteiger charge is -2.45. The highest BCUT2D eigenvalue weighted by atomic mass is 16.5. The van der Waals surface area contributed by atoms with Crippen molar-refractivity contribution >= 4 is 5.91 Å². The van der Waals surface area contributed by atoms with E-state index in [0.29, 0.717) is 12.5 Å². The summed E-state index contributed by atoms with van der Waals surface area (Å²) in [7, 11) is 1.74. The third-order valence-corrected chi connectivity index (χ3v) is 5.11. The number of ether oxygens (including phenoxy) is 1. The van der Waals surface area contributed by atoms with Crippen LogP contribution in [0.2, 0.25) is 0 Å². The number of piperazine rings is 1. The molecule has 1 saturated carbocycles. The van der Waals surface area contributed by atoms with E-state index in [1.807, 2.05) is 4.90 Å². The van der Waals surface area contributed by atoms with Crippen LogP contribution < -0.4 is 5.32 Å². The van der Waals surface area contributed by atoms with Gasteiger partial charge in [-0.15, -0.1) is 0 Å². The predicted octanol–water partition coefficient (Wildman–Crippen LogP) is 0.0616. The van der Waals surface area contributed by atoms with Crippen molar-refractivity contribution in [2.75, 3.05) is 46.4 Å². The first-order valence-electron chi connectivity index (χ1n) is 7.50. The molecule has 108 valence electrons. The number of nitrogens with one attached hydrogen (secondary N) is 1. The van der Waals surface area contributed by atoms with Gasteiger partial charge in [0.25, 0.3) is 0 Å². The molecule has 0 aromatic carbocycles. The Morgan fingerprint density at radius 2 is 1.95 bits per heavy atom. The van der Waals surface area contributed by atoms with E-state index in [1.54, 1.807) is 7.11 Å². The Balaban J connectivity index is 1.46. The molecule has 0 aromatic heterocycles. The standard InChI is InChI=1S/C14H25N3O2/c1-19-14(3-2-4-14)9-13(18)17-7-5-16(6-8-17)12-10-15-11-12/h12,15H,2-11H2,1H3. The van der Waals surface area contributed by atoms with Gasteiger partial charge in [0.05, 0.1) is 12.0 Å². The molecule has 1 N–H and O–H groups in total. The molecular formula is C14H25N3O2. The van der Waals surface area contributed by atoms with Gasteiger partial charge in [0.1, 0.15) is 0 Å². The van der Waals surface area contributed by atoms with Gasteiger partial charge in [0, 0.05) is 52.4 Å². The number of hydrogen-bond donors (Lipinski definition) is 1. The second-order valence-corrected chi connectivity index (χ2v) is 6.15. The van der Waals surface area contributed by atoms with Crippen molar-refractivity contribution < 1.29 is 9.53 Å². The lowest BCUT2D eigenvalue weighted by Crippen LogP contribution is -2.62. The van der Waals surface area contributed by atoms with Crippen LogP contribution in [0.5, 0.6) is 0 Å². The highest BCUT2D eigenvalue weighted by Gasteiger charge is 2.40. The SMILES string of the molecule is COC1(CC(=O)N2CCN(C3CNC3)CC2)CCC1. The van der Waals surface area contributed by atoms with E-state index in [9.17, 15) is 4.79 Å². The smallest absolute Gasteiger partial charge is 0.225 e. The molecule has 0 radical (unpaired) electrons. The molecule has 2 saturated heterocycles. The largest absolute Gasteiger partial charge is 0.378 e. The quantitative estimate of drug-likeness (QED) is 0.782. The molecule has 0 spiro atoms. The van der Waals surface area contributed by atoms with Gasteiger partial charge in [-0.05, 0) is 19.3 Å². The van der Waals surface area contributed by atoms with Gasteiger partial charge in [0.2, 0.25) is 5.91 Å². The molecule has 3 fully saturated rings. The summed E-state index contributed by atoms with van der Waals surface area (Å²) in [5.41, 5.74) is -0.133. The Morgan fingerprint density at radius 1 is 1.26 bits per heavy atom. The second-order valence-electron chi connectivity index (χ2n) is 6.15. The Bertz CT molecular complexity index is 326. The fraction of sp³-hybridized carbons (Fsp3) is 0.929. The average molecular weight is 267 g/mol. The Labute approximate surface area is 115 Å². The highest BCUT2D eigenvalue weighted by molar-refractivity contribution is 5.77. The fourth-order valence-electron chi connectivity index (χ4n) is 3.28. The van der Waals surface area contributed by atoms with E-state index in [2.05, 4.69) is 10.2 Å². The third kappa shape index (κ3) is 2.64. The molecule has 19 heavy (non-hydrogen) atoms. The molecule has 1 amide bonds. The molecule has 5 heteroatoms. The normalized spacial score (nSPS) is 27.7. The second kappa shape index (κ2) is 5.38. The summed E-state index contributed by atoms with van der Waals surface area (Å²) in [4.78, 5) is 16.9. The van der Waals surface area contributed by atoms with Crippen molar-refractivity contribution in [3.63, 3.8) is 0 Å². The van der Waals surface area contributed by atoms with Crippen LogP contribution in [-0.4, -0.2) is 73.7 Å². The number of carbonyl (C=O) groups is 1. The maximum atomic E-state index is 12.3. The first-order valence-corrected chi connectivity index (χ1v) is 7.50. The van der Waals surface area contributed by atoms with Gasteiger partial charge in [-0.2, -0.15) is 0 Å². The lowest BCUT2D eigenvalue weighted by atomic mass is 9.77. The van der Waals surface area contributed by atoms with Gasteiger partial charge in [-0.3, -0.25) is 9.69 Å². The first-order chi connectivity index (χ1) is 9.22. The number of methoxy groups -OCH3 is 1. The summed E-state index contributed by atoms with van der Waals surface area (Å²) in [5, 5.41) is 3.31. The van der Waals surface area contributed by atoms with Crippen LogP contribution in [0.3, 0.4) is 0 Å². The molecule has 1 aliphatic carbocycles. The van der Waals surface area contributed by atoms with E-state index in [-0.39, 0.29) is 11.5 Å². The molecule has 2 aliphatic heterocycles. The monoisotopic (exact) mass is 267 g/mol. The summed E-state index contributed by atoms with van der Waals surface area (Å²) >= 11 is 0. The van der Waals surface area contributed by atoms with Crippen molar-refractivity contribution in [3.8, 4) is 0 Å². The zero-order valence-electron chi connectivity index (χ0n) is 11.9. The number of rotatable bonds is 4. The van der Waals surface area contributed by atoms with Crippen LogP contribution in [0, 0.1) is 0 Å². The topological polar surface area (TPSA) is 44.8 Å². The van der Waals surface area contributed by atoms with Crippen molar-refractivity contribution in [1.82, 2.24) is 15.1 Å². The van der Waals surface area contributed by atoms with Crippen molar-refractivity contribution in [2.24, 2.45) is 0 Å². The molecule has 0 unspecified atom stereocenters. The Kier molecular flexibility index (Phi) is 3.78. The van der Waals surface area contributed by atoms with E-state index in [0.717, 1.165) is 52.1 Å². The zero-order valence-corrected chi connectivity index (χ0v) is 11.9. The molecule has 5 nitrogen and oxygen atoms in total. The molecule has 0 atom stereocenters. The van der Waals surface area contributed by atoms with Crippen molar-refractivity contribution in [1.29, 1.82) is 0 Å². The minimum atomic E-state index is -0.133. The third-order valence-electron chi connectivity index (χ3n) is 5.11. The number of amides is 1. The first kappa shape index (κ1) is 13.3. The van der Waals surface area contributed by atoms with Crippen LogP contribution in [0.15, 0.2) is 0 Å².